The Balaban J connectivity index is 1.75. The summed E-state index contributed by atoms with van der Waals surface area (Å²) in [4.78, 5) is 11.9. The molecule has 0 saturated heterocycles. The Morgan fingerprint density at radius 1 is 0.917 bits per heavy atom. The van der Waals surface area contributed by atoms with Crippen LogP contribution in [0.3, 0.4) is 0 Å². The monoisotopic (exact) mass is 352 g/mol. The largest absolute Gasteiger partial charge is 0.481 e. The van der Waals surface area contributed by atoms with Crippen molar-refractivity contribution in [2.45, 2.75) is 103 Å². The van der Waals surface area contributed by atoms with Crippen LogP contribution in [0.1, 0.15) is 108 Å². The maximum absolute atomic E-state index is 10.4. The average Bonchev–Trinajstić information content (AvgIpc) is 3.09. The second-order valence-electron chi connectivity index (χ2n) is 7.09. The van der Waals surface area contributed by atoms with Gasteiger partial charge in [0.1, 0.15) is 0 Å². The molecule has 0 spiro atoms. The second kappa shape index (κ2) is 14.5. The van der Waals surface area contributed by atoms with Crippen molar-refractivity contribution in [2.24, 2.45) is 0 Å². The molecule has 1 rings (SSSR count). The first-order valence-electron chi connectivity index (χ1n) is 9.95. The fourth-order valence-electron chi connectivity index (χ4n) is 3.21. The number of aliphatic carboxylic acids is 1. The van der Waals surface area contributed by atoms with Crippen LogP contribution in [0.25, 0.3) is 0 Å². The van der Waals surface area contributed by atoms with Gasteiger partial charge in [0.25, 0.3) is 0 Å². The summed E-state index contributed by atoms with van der Waals surface area (Å²) in [5, 5.41) is 10.7. The third kappa shape index (κ3) is 11.7. The van der Waals surface area contributed by atoms with Crippen LogP contribution in [-0.2, 0) is 4.79 Å². The predicted molar refractivity (Wildman–Crippen MR) is 105 cm³/mol. The minimum Gasteiger partial charge on any atom is -0.481 e. The van der Waals surface area contributed by atoms with Gasteiger partial charge >= 0.3 is 5.97 Å². The van der Waals surface area contributed by atoms with Gasteiger partial charge in [-0.1, -0.05) is 83.6 Å². The van der Waals surface area contributed by atoms with E-state index in [1.165, 1.54) is 75.5 Å². The van der Waals surface area contributed by atoms with Gasteiger partial charge in [0.15, 0.2) is 0 Å². The van der Waals surface area contributed by atoms with Gasteiger partial charge in [-0.3, -0.25) is 4.79 Å². The molecular formula is C21H36O2S. The van der Waals surface area contributed by atoms with Crippen LogP contribution in [0.4, 0.5) is 0 Å². The first-order valence-corrected chi connectivity index (χ1v) is 10.8. The van der Waals surface area contributed by atoms with E-state index in [0.717, 1.165) is 18.8 Å². The second-order valence-corrected chi connectivity index (χ2v) is 8.07. The number of carboxylic acids is 1. The van der Waals surface area contributed by atoms with E-state index in [-0.39, 0.29) is 0 Å². The number of unbranched alkanes of at least 4 members (excludes halogenated alkanes) is 11. The SMILES string of the molecule is CC(CCCCCCCCCCCCCCC(=O)O)c1cccs1. The molecule has 1 aromatic heterocycles. The molecule has 0 radical (unpaired) electrons. The molecule has 24 heavy (non-hydrogen) atoms. The van der Waals surface area contributed by atoms with Crippen LogP contribution in [-0.4, -0.2) is 11.1 Å². The summed E-state index contributed by atoms with van der Waals surface area (Å²) >= 11 is 1.89. The van der Waals surface area contributed by atoms with Crippen molar-refractivity contribution in [3.05, 3.63) is 22.4 Å². The molecule has 0 aliphatic carbocycles. The Labute approximate surface area is 152 Å². The molecule has 0 saturated carbocycles. The first-order chi connectivity index (χ1) is 11.7. The van der Waals surface area contributed by atoms with Gasteiger partial charge in [0, 0.05) is 11.3 Å². The molecule has 1 unspecified atom stereocenters. The first kappa shape index (κ1) is 21.2. The molecule has 0 bridgehead atoms. The van der Waals surface area contributed by atoms with Crippen LogP contribution in [0.15, 0.2) is 17.5 Å². The molecule has 1 N–H and O–H groups in total. The van der Waals surface area contributed by atoms with Gasteiger partial charge in [0.2, 0.25) is 0 Å². The molecule has 1 aromatic rings. The van der Waals surface area contributed by atoms with E-state index >= 15 is 0 Å². The number of rotatable bonds is 16. The van der Waals surface area contributed by atoms with Crippen molar-refractivity contribution in [1.29, 1.82) is 0 Å². The van der Waals surface area contributed by atoms with Gasteiger partial charge in [0.05, 0.1) is 0 Å². The minimum atomic E-state index is -0.657. The molecule has 3 heteroatoms. The predicted octanol–water partition coefficient (Wildman–Crippen LogP) is 7.40. The van der Waals surface area contributed by atoms with E-state index in [1.807, 2.05) is 11.3 Å². The van der Waals surface area contributed by atoms with Crippen molar-refractivity contribution >= 4 is 17.3 Å². The number of hydrogen-bond acceptors (Lipinski definition) is 2. The van der Waals surface area contributed by atoms with Gasteiger partial charge in [-0.2, -0.15) is 0 Å². The van der Waals surface area contributed by atoms with Crippen LogP contribution in [0.2, 0.25) is 0 Å². The Morgan fingerprint density at radius 3 is 1.88 bits per heavy atom. The van der Waals surface area contributed by atoms with Crippen molar-refractivity contribution in [1.82, 2.24) is 0 Å². The van der Waals surface area contributed by atoms with Crippen LogP contribution < -0.4 is 0 Å². The number of hydrogen-bond donors (Lipinski definition) is 1. The summed E-state index contributed by atoms with van der Waals surface area (Å²) in [7, 11) is 0. The highest BCUT2D eigenvalue weighted by Crippen LogP contribution is 2.26. The van der Waals surface area contributed by atoms with E-state index in [4.69, 9.17) is 5.11 Å². The van der Waals surface area contributed by atoms with Gasteiger partial charge in [-0.05, 0) is 30.2 Å². The molecule has 0 amide bonds. The maximum atomic E-state index is 10.4. The van der Waals surface area contributed by atoms with Crippen LogP contribution in [0.5, 0.6) is 0 Å². The van der Waals surface area contributed by atoms with Crippen LogP contribution in [0, 0.1) is 0 Å². The molecule has 0 fully saturated rings. The van der Waals surface area contributed by atoms with E-state index in [9.17, 15) is 4.79 Å². The summed E-state index contributed by atoms with van der Waals surface area (Å²) in [6, 6.07) is 4.42. The van der Waals surface area contributed by atoms with E-state index in [1.54, 1.807) is 0 Å². The molecule has 138 valence electrons. The minimum absolute atomic E-state index is 0.339. The van der Waals surface area contributed by atoms with Crippen LogP contribution >= 0.6 is 11.3 Å². The van der Waals surface area contributed by atoms with Crippen molar-refractivity contribution < 1.29 is 9.90 Å². The van der Waals surface area contributed by atoms with Gasteiger partial charge in [-0.25, -0.2) is 0 Å². The Bertz CT molecular complexity index is 400. The number of carbonyl (C=O) groups is 1. The average molecular weight is 353 g/mol. The lowest BCUT2D eigenvalue weighted by Gasteiger charge is -2.08. The lowest BCUT2D eigenvalue weighted by Crippen LogP contribution is -1.93. The highest BCUT2D eigenvalue weighted by atomic mass is 32.1. The number of thiophene rings is 1. The summed E-state index contributed by atoms with van der Waals surface area (Å²) < 4.78 is 0. The summed E-state index contributed by atoms with van der Waals surface area (Å²) in [6.45, 7) is 2.35. The third-order valence-electron chi connectivity index (χ3n) is 4.81. The topological polar surface area (TPSA) is 37.3 Å². The summed E-state index contributed by atoms with van der Waals surface area (Å²) in [5.41, 5.74) is 0. The lowest BCUT2D eigenvalue weighted by atomic mass is 10.00. The standard InChI is InChI=1S/C21H36O2S/c1-19(20-16-14-18-24-20)15-12-10-8-6-4-2-3-5-7-9-11-13-17-21(22)23/h14,16,18-19H,2-13,15,17H2,1H3,(H,22,23). The quantitative estimate of drug-likeness (QED) is 0.315. The molecular weight excluding hydrogens is 316 g/mol. The highest BCUT2D eigenvalue weighted by molar-refractivity contribution is 7.10. The van der Waals surface area contributed by atoms with Crippen molar-refractivity contribution in [2.75, 3.05) is 0 Å². The van der Waals surface area contributed by atoms with E-state index < -0.39 is 5.97 Å². The van der Waals surface area contributed by atoms with Gasteiger partial charge < -0.3 is 5.11 Å². The molecule has 2 nitrogen and oxygen atoms in total. The van der Waals surface area contributed by atoms with Crippen molar-refractivity contribution in [3.8, 4) is 0 Å². The Hall–Kier alpha value is -0.830. The Kier molecular flexibility index (Phi) is 12.8. The maximum Gasteiger partial charge on any atom is 0.303 e. The Morgan fingerprint density at radius 2 is 1.42 bits per heavy atom. The smallest absolute Gasteiger partial charge is 0.303 e. The van der Waals surface area contributed by atoms with E-state index in [0.29, 0.717) is 6.42 Å². The molecule has 1 heterocycles. The highest BCUT2D eigenvalue weighted by Gasteiger charge is 2.05. The normalized spacial score (nSPS) is 12.4. The zero-order chi connectivity index (χ0) is 17.5. The third-order valence-corrected chi connectivity index (χ3v) is 5.91. The van der Waals surface area contributed by atoms with Gasteiger partial charge in [-0.15, -0.1) is 11.3 Å². The zero-order valence-corrected chi connectivity index (χ0v) is 16.3. The zero-order valence-electron chi connectivity index (χ0n) is 15.5. The molecule has 1 atom stereocenters. The molecule has 0 aliphatic rings. The lowest BCUT2D eigenvalue weighted by molar-refractivity contribution is -0.137. The van der Waals surface area contributed by atoms with E-state index in [2.05, 4.69) is 24.4 Å². The summed E-state index contributed by atoms with van der Waals surface area (Å²) in [6.07, 6.45) is 17.1. The van der Waals surface area contributed by atoms with Crippen molar-refractivity contribution in [3.63, 3.8) is 0 Å². The summed E-state index contributed by atoms with van der Waals surface area (Å²) in [5.74, 6) is 0.0801. The fourth-order valence-corrected chi connectivity index (χ4v) is 4.03. The fraction of sp³-hybridized carbons (Fsp3) is 0.762. The molecule has 0 aliphatic heterocycles. The molecule has 0 aromatic carbocycles. The number of carboxylic acid groups (broad SMARTS) is 1.